The second kappa shape index (κ2) is 3.65. The van der Waals surface area contributed by atoms with Crippen molar-refractivity contribution < 1.29 is 14.6 Å². The second-order valence-corrected chi connectivity index (χ2v) is 5.11. The van der Waals surface area contributed by atoms with Gasteiger partial charge in [-0.05, 0) is 13.3 Å². The third-order valence-electron chi connectivity index (χ3n) is 2.41. The van der Waals surface area contributed by atoms with E-state index >= 15 is 0 Å². The van der Waals surface area contributed by atoms with Crippen molar-refractivity contribution in [3.8, 4) is 0 Å². The van der Waals surface area contributed by atoms with Gasteiger partial charge in [0.25, 0.3) is 0 Å². The molecule has 3 atom stereocenters. The molecule has 0 radical (unpaired) electrons. The molecule has 1 saturated heterocycles. The molecular weight excluding hydrogens is 180 g/mol. The molecule has 3 nitrogen and oxygen atoms in total. The fourth-order valence-electron chi connectivity index (χ4n) is 1.41. The summed E-state index contributed by atoms with van der Waals surface area (Å²) in [7, 11) is 0. The maximum absolute atomic E-state index is 9.72. The molecule has 1 rings (SSSR count). The van der Waals surface area contributed by atoms with Crippen molar-refractivity contribution in [1.82, 2.24) is 0 Å². The Balaban J connectivity index is 2.73. The molecule has 0 amide bonds. The third kappa shape index (κ3) is 2.16. The van der Waals surface area contributed by atoms with E-state index in [1.165, 1.54) is 0 Å². The van der Waals surface area contributed by atoms with Gasteiger partial charge in [-0.2, -0.15) is 0 Å². The Kier molecular flexibility index (Phi) is 3.04. The minimum atomic E-state index is -0.871. The van der Waals surface area contributed by atoms with Gasteiger partial charge in [0, 0.05) is 5.41 Å². The summed E-state index contributed by atoms with van der Waals surface area (Å²) in [6, 6.07) is 0. The molecule has 0 unspecified atom stereocenters. The molecule has 0 saturated carbocycles. The minimum Gasteiger partial charge on any atom is -0.366 e. The Morgan fingerprint density at radius 1 is 1.50 bits per heavy atom. The van der Waals surface area contributed by atoms with Crippen molar-refractivity contribution >= 4 is 0 Å². The zero-order chi connectivity index (χ0) is 11.0. The fourth-order valence-corrected chi connectivity index (χ4v) is 1.41. The van der Waals surface area contributed by atoms with E-state index in [1.807, 2.05) is 27.7 Å². The average molecular weight is 200 g/mol. The van der Waals surface area contributed by atoms with Crippen molar-refractivity contribution in [2.75, 3.05) is 0 Å². The number of hydrogen-bond acceptors (Lipinski definition) is 3. The minimum absolute atomic E-state index is 0.125. The highest BCUT2D eigenvalue weighted by Gasteiger charge is 2.48. The van der Waals surface area contributed by atoms with E-state index in [0.29, 0.717) is 6.42 Å². The standard InChI is InChI=1S/C11H20O3/c1-6-7-11(5)8(12)13-9(14-11)10(2,3)4/h6,8-9,12H,1,7H2,2-5H3/t8-,9+,11+/m0/s1. The molecular formula is C11H20O3. The van der Waals surface area contributed by atoms with Crippen molar-refractivity contribution in [2.45, 2.75) is 52.3 Å². The van der Waals surface area contributed by atoms with Gasteiger partial charge < -0.3 is 14.6 Å². The molecule has 3 heteroatoms. The molecule has 0 bridgehead atoms. The highest BCUT2D eigenvalue weighted by molar-refractivity contribution is 4.92. The summed E-state index contributed by atoms with van der Waals surface area (Å²) in [5, 5.41) is 9.72. The summed E-state index contributed by atoms with van der Waals surface area (Å²) in [5.74, 6) is 0. The van der Waals surface area contributed by atoms with Gasteiger partial charge >= 0.3 is 0 Å². The predicted octanol–water partition coefficient (Wildman–Crippen LogP) is 2.06. The molecule has 82 valence electrons. The second-order valence-electron chi connectivity index (χ2n) is 5.11. The molecule has 0 spiro atoms. The van der Waals surface area contributed by atoms with Crippen LogP contribution in [0.4, 0.5) is 0 Å². The highest BCUT2D eigenvalue weighted by Crippen LogP contribution is 2.38. The van der Waals surface area contributed by atoms with E-state index in [1.54, 1.807) is 6.08 Å². The summed E-state index contributed by atoms with van der Waals surface area (Å²) in [6.45, 7) is 11.5. The molecule has 0 aliphatic carbocycles. The quantitative estimate of drug-likeness (QED) is 0.693. The van der Waals surface area contributed by atoms with Crippen LogP contribution in [0.5, 0.6) is 0 Å². The monoisotopic (exact) mass is 200 g/mol. The van der Waals surface area contributed by atoms with E-state index < -0.39 is 11.9 Å². The lowest BCUT2D eigenvalue weighted by atomic mass is 9.96. The first-order valence-corrected chi connectivity index (χ1v) is 4.92. The van der Waals surface area contributed by atoms with Crippen LogP contribution in [0.1, 0.15) is 34.1 Å². The lowest BCUT2D eigenvalue weighted by molar-refractivity contribution is -0.160. The van der Waals surface area contributed by atoms with Gasteiger partial charge in [0.15, 0.2) is 12.6 Å². The Morgan fingerprint density at radius 3 is 2.43 bits per heavy atom. The van der Waals surface area contributed by atoms with E-state index in [2.05, 4.69) is 6.58 Å². The van der Waals surface area contributed by atoms with Crippen molar-refractivity contribution in [3.05, 3.63) is 12.7 Å². The Labute approximate surface area is 85.7 Å². The number of aliphatic hydroxyl groups is 1. The van der Waals surface area contributed by atoms with Crippen LogP contribution in [0.3, 0.4) is 0 Å². The van der Waals surface area contributed by atoms with E-state index in [-0.39, 0.29) is 11.7 Å². The smallest absolute Gasteiger partial charge is 0.187 e. The number of ether oxygens (including phenoxy) is 2. The number of aliphatic hydroxyl groups excluding tert-OH is 1. The van der Waals surface area contributed by atoms with Crippen LogP contribution in [0, 0.1) is 5.41 Å². The highest BCUT2D eigenvalue weighted by atomic mass is 16.8. The Bertz CT molecular complexity index is 219. The summed E-state index contributed by atoms with van der Waals surface area (Å²) in [6.07, 6.45) is 1.09. The molecule has 1 aliphatic rings. The largest absolute Gasteiger partial charge is 0.366 e. The fraction of sp³-hybridized carbons (Fsp3) is 0.818. The van der Waals surface area contributed by atoms with Crippen LogP contribution >= 0.6 is 0 Å². The van der Waals surface area contributed by atoms with Gasteiger partial charge in [0.1, 0.15) is 5.60 Å². The lowest BCUT2D eigenvalue weighted by Crippen LogP contribution is -2.36. The normalized spacial score (nSPS) is 38.6. The van der Waals surface area contributed by atoms with Crippen LogP contribution in [-0.4, -0.2) is 23.3 Å². The summed E-state index contributed by atoms with van der Waals surface area (Å²) < 4.78 is 11.1. The van der Waals surface area contributed by atoms with Crippen LogP contribution in [0.2, 0.25) is 0 Å². The van der Waals surface area contributed by atoms with Gasteiger partial charge in [-0.3, -0.25) is 0 Å². The first-order valence-electron chi connectivity index (χ1n) is 4.92. The zero-order valence-electron chi connectivity index (χ0n) is 9.41. The lowest BCUT2D eigenvalue weighted by Gasteiger charge is -2.27. The Morgan fingerprint density at radius 2 is 2.07 bits per heavy atom. The summed E-state index contributed by atoms with van der Waals surface area (Å²) >= 11 is 0. The number of hydrogen-bond donors (Lipinski definition) is 1. The van der Waals surface area contributed by atoms with E-state index in [9.17, 15) is 5.11 Å². The van der Waals surface area contributed by atoms with Crippen LogP contribution < -0.4 is 0 Å². The summed E-state index contributed by atoms with van der Waals surface area (Å²) in [4.78, 5) is 0. The molecule has 1 heterocycles. The SMILES string of the molecule is C=CC[C@@]1(C)O[C@H](C(C)(C)C)O[C@@H]1O. The molecule has 0 aromatic heterocycles. The van der Waals surface area contributed by atoms with E-state index in [0.717, 1.165) is 0 Å². The van der Waals surface area contributed by atoms with Crippen LogP contribution in [0.25, 0.3) is 0 Å². The van der Waals surface area contributed by atoms with Crippen LogP contribution in [0.15, 0.2) is 12.7 Å². The van der Waals surface area contributed by atoms with Gasteiger partial charge in [-0.15, -0.1) is 6.58 Å². The maximum Gasteiger partial charge on any atom is 0.187 e. The molecule has 1 aliphatic heterocycles. The maximum atomic E-state index is 9.72. The molecule has 1 N–H and O–H groups in total. The first kappa shape index (κ1) is 11.7. The van der Waals surface area contributed by atoms with Gasteiger partial charge in [0.05, 0.1) is 0 Å². The van der Waals surface area contributed by atoms with Crippen molar-refractivity contribution in [3.63, 3.8) is 0 Å². The first-order chi connectivity index (χ1) is 6.29. The molecule has 0 aromatic carbocycles. The van der Waals surface area contributed by atoms with Gasteiger partial charge in [-0.25, -0.2) is 0 Å². The zero-order valence-corrected chi connectivity index (χ0v) is 9.41. The summed E-state index contributed by atoms with van der Waals surface area (Å²) in [5.41, 5.74) is -0.778. The number of rotatable bonds is 2. The predicted molar refractivity (Wildman–Crippen MR) is 54.6 cm³/mol. The van der Waals surface area contributed by atoms with Gasteiger partial charge in [0.2, 0.25) is 0 Å². The molecule has 1 fully saturated rings. The van der Waals surface area contributed by atoms with Crippen molar-refractivity contribution in [2.24, 2.45) is 5.41 Å². The van der Waals surface area contributed by atoms with E-state index in [4.69, 9.17) is 9.47 Å². The topological polar surface area (TPSA) is 38.7 Å². The van der Waals surface area contributed by atoms with Gasteiger partial charge in [-0.1, -0.05) is 26.8 Å². The van der Waals surface area contributed by atoms with Crippen LogP contribution in [-0.2, 0) is 9.47 Å². The average Bonchev–Trinajstić information content (AvgIpc) is 2.28. The molecule has 14 heavy (non-hydrogen) atoms. The Hall–Kier alpha value is -0.380. The van der Waals surface area contributed by atoms with Crippen molar-refractivity contribution in [1.29, 1.82) is 0 Å². The third-order valence-corrected chi connectivity index (χ3v) is 2.41. The molecule has 0 aromatic rings.